The van der Waals surface area contributed by atoms with E-state index in [1.54, 1.807) is 0 Å². The van der Waals surface area contributed by atoms with Gasteiger partial charge in [0.25, 0.3) is 0 Å². The molecule has 0 bridgehead atoms. The second-order valence-electron chi connectivity index (χ2n) is 3.51. The molecule has 1 atom stereocenters. The van der Waals surface area contributed by atoms with Crippen molar-refractivity contribution in [1.82, 2.24) is 0 Å². The first kappa shape index (κ1) is 10.2. The fourth-order valence-electron chi connectivity index (χ4n) is 1.77. The minimum Gasteiger partial charge on any atom is -0.233 e. The highest BCUT2D eigenvalue weighted by Crippen LogP contribution is 2.32. The predicted molar refractivity (Wildman–Crippen MR) is 59.4 cm³/mol. The van der Waals surface area contributed by atoms with E-state index in [1.807, 2.05) is 0 Å². The minimum absolute atomic E-state index is 0.752. The maximum atomic E-state index is 2.33. The highest BCUT2D eigenvalue weighted by Gasteiger charge is 2.14. The van der Waals surface area contributed by atoms with Crippen LogP contribution in [0.3, 0.4) is 0 Å². The normalized spacial score (nSPS) is 25.6. The van der Waals surface area contributed by atoms with Crippen molar-refractivity contribution < 1.29 is 0 Å². The zero-order valence-corrected chi connectivity index (χ0v) is 8.88. The molecule has 72 valence electrons. The molecule has 0 saturated heterocycles. The maximum absolute atomic E-state index is 2.33. The first-order valence-corrected chi connectivity index (χ1v) is 5.14. The summed E-state index contributed by atoms with van der Waals surface area (Å²) < 4.78 is 0. The summed E-state index contributed by atoms with van der Waals surface area (Å²) in [5.74, 6) is 0.752. The Hall–Kier alpha value is -0.910. The average molecular weight is 175 g/mol. The lowest BCUT2D eigenvalue weighted by molar-refractivity contribution is 0.627. The van der Waals surface area contributed by atoms with Crippen LogP contribution in [0.25, 0.3) is 0 Å². The second-order valence-corrected chi connectivity index (χ2v) is 3.51. The number of allylic oxidation sites excluding steroid dienone is 6. The third kappa shape index (κ3) is 2.51. The lowest BCUT2D eigenvalue weighted by Gasteiger charge is -2.11. The van der Waals surface area contributed by atoms with Gasteiger partial charge in [0.2, 0.25) is 0 Å². The second kappa shape index (κ2) is 4.96. The van der Waals surface area contributed by atoms with Gasteiger partial charge in [0.1, 0.15) is 0 Å². The summed E-state index contributed by atoms with van der Waals surface area (Å²) in [5.41, 5.74) is 2.98. The zero-order valence-electron chi connectivity index (χ0n) is 8.88. The van der Waals surface area contributed by atoms with Gasteiger partial charge in [-0.25, -0.2) is 18.6 Å². The molecule has 0 aromatic rings. The molecule has 1 aliphatic rings. The first-order chi connectivity index (χ1) is 6.31. The van der Waals surface area contributed by atoms with E-state index in [-0.39, 0.29) is 0 Å². The van der Waals surface area contributed by atoms with Crippen molar-refractivity contribution in [3.63, 3.8) is 0 Å². The van der Waals surface area contributed by atoms with Gasteiger partial charge in [-0.05, 0) is 19.3 Å². The highest BCUT2D eigenvalue weighted by atomic mass is 14.2. The van der Waals surface area contributed by atoms with Crippen LogP contribution in [-0.2, 0) is 0 Å². The topological polar surface area (TPSA) is 0 Å². The Bertz CT molecular complexity index is 241. The molecule has 0 aromatic heterocycles. The van der Waals surface area contributed by atoms with Crippen LogP contribution >= 0.6 is 0 Å². The van der Waals surface area contributed by atoms with E-state index in [4.69, 9.17) is 0 Å². The SMILES string of the molecule is CC=C1C=C(C=C[CH-]C)C(CC)C1. The highest BCUT2D eigenvalue weighted by molar-refractivity contribution is 5.39. The van der Waals surface area contributed by atoms with Crippen molar-refractivity contribution in [3.05, 3.63) is 41.9 Å². The fraction of sp³-hybridized carbons (Fsp3) is 0.462. The zero-order chi connectivity index (χ0) is 9.68. The van der Waals surface area contributed by atoms with E-state index in [0.29, 0.717) is 0 Å². The largest absolute Gasteiger partial charge is 0.233 e. The van der Waals surface area contributed by atoms with Gasteiger partial charge in [0, 0.05) is 0 Å². The molecule has 1 aliphatic carbocycles. The minimum atomic E-state index is 0.752. The summed E-state index contributed by atoms with van der Waals surface area (Å²) in [5, 5.41) is 0. The van der Waals surface area contributed by atoms with Crippen LogP contribution in [0.4, 0.5) is 0 Å². The van der Waals surface area contributed by atoms with Crippen molar-refractivity contribution in [1.29, 1.82) is 0 Å². The molecule has 0 nitrogen and oxygen atoms in total. The van der Waals surface area contributed by atoms with Crippen molar-refractivity contribution in [3.8, 4) is 0 Å². The Morgan fingerprint density at radius 3 is 2.92 bits per heavy atom. The van der Waals surface area contributed by atoms with Gasteiger partial charge in [-0.1, -0.05) is 31.1 Å². The smallest absolute Gasteiger partial charge is 0.0228 e. The van der Waals surface area contributed by atoms with E-state index >= 15 is 0 Å². The Kier molecular flexibility index (Phi) is 3.88. The van der Waals surface area contributed by atoms with Crippen LogP contribution in [0.1, 0.15) is 33.6 Å². The Balaban J connectivity index is 2.73. The molecule has 0 spiro atoms. The van der Waals surface area contributed by atoms with E-state index < -0.39 is 0 Å². The molecular weight excluding hydrogens is 156 g/mol. The van der Waals surface area contributed by atoms with Gasteiger partial charge in [-0.2, -0.15) is 0 Å². The van der Waals surface area contributed by atoms with Gasteiger partial charge in [-0.3, -0.25) is 0 Å². The fourth-order valence-corrected chi connectivity index (χ4v) is 1.77. The summed E-state index contributed by atoms with van der Waals surface area (Å²) >= 11 is 0. The van der Waals surface area contributed by atoms with E-state index in [2.05, 4.69) is 51.5 Å². The molecule has 13 heavy (non-hydrogen) atoms. The summed E-state index contributed by atoms with van der Waals surface area (Å²) in [6, 6.07) is 0. The average Bonchev–Trinajstić information content (AvgIpc) is 2.57. The molecule has 0 amide bonds. The molecule has 1 unspecified atom stereocenters. The maximum Gasteiger partial charge on any atom is -0.0228 e. The van der Waals surface area contributed by atoms with Crippen LogP contribution < -0.4 is 0 Å². The van der Waals surface area contributed by atoms with Gasteiger partial charge in [0.05, 0.1) is 0 Å². The van der Waals surface area contributed by atoms with Gasteiger partial charge in [-0.15, -0.1) is 12.5 Å². The van der Waals surface area contributed by atoms with Crippen LogP contribution in [0.2, 0.25) is 0 Å². The molecule has 0 heterocycles. The number of hydrogen-bond acceptors (Lipinski definition) is 0. The van der Waals surface area contributed by atoms with Crippen molar-refractivity contribution in [2.45, 2.75) is 33.6 Å². The van der Waals surface area contributed by atoms with Gasteiger partial charge >= 0.3 is 0 Å². The van der Waals surface area contributed by atoms with Crippen LogP contribution in [0.5, 0.6) is 0 Å². The Morgan fingerprint density at radius 1 is 1.62 bits per heavy atom. The molecule has 0 fully saturated rings. The van der Waals surface area contributed by atoms with E-state index in [9.17, 15) is 0 Å². The monoisotopic (exact) mass is 175 g/mol. The molecular formula is C13H19-. The molecule has 0 aliphatic heterocycles. The molecule has 0 heteroatoms. The number of hydrogen-bond donors (Lipinski definition) is 0. The van der Waals surface area contributed by atoms with Crippen LogP contribution in [0, 0.1) is 12.3 Å². The van der Waals surface area contributed by atoms with Crippen LogP contribution in [-0.4, -0.2) is 0 Å². The van der Waals surface area contributed by atoms with Gasteiger partial charge in [0.15, 0.2) is 0 Å². The van der Waals surface area contributed by atoms with Gasteiger partial charge < -0.3 is 0 Å². The lowest BCUT2D eigenvalue weighted by Crippen LogP contribution is -1.94. The molecule has 1 rings (SSSR count). The molecule has 0 radical (unpaired) electrons. The third-order valence-electron chi connectivity index (χ3n) is 2.65. The number of rotatable bonds is 3. The molecule has 0 aromatic carbocycles. The van der Waals surface area contributed by atoms with E-state index in [0.717, 1.165) is 5.92 Å². The first-order valence-electron chi connectivity index (χ1n) is 5.14. The lowest BCUT2D eigenvalue weighted by atomic mass is 9.97. The summed E-state index contributed by atoms with van der Waals surface area (Å²) in [7, 11) is 0. The van der Waals surface area contributed by atoms with Crippen molar-refractivity contribution in [2.24, 2.45) is 5.92 Å². The van der Waals surface area contributed by atoms with Crippen LogP contribution in [0.15, 0.2) is 35.5 Å². The summed E-state index contributed by atoms with van der Waals surface area (Å²) in [6.45, 7) is 6.45. The van der Waals surface area contributed by atoms with Crippen molar-refractivity contribution >= 4 is 0 Å². The predicted octanol–water partition coefficient (Wildman–Crippen LogP) is 4.07. The Labute approximate surface area is 82.0 Å². The molecule has 0 saturated carbocycles. The third-order valence-corrected chi connectivity index (χ3v) is 2.65. The summed E-state index contributed by atoms with van der Waals surface area (Å²) in [4.78, 5) is 0. The van der Waals surface area contributed by atoms with Crippen molar-refractivity contribution in [2.75, 3.05) is 0 Å². The Morgan fingerprint density at radius 2 is 2.38 bits per heavy atom. The quantitative estimate of drug-likeness (QED) is 0.567. The standard InChI is InChI=1S/C13H19/c1-4-7-8-13-10-11(5-2)9-12(13)6-3/h4-5,7-8,10,12H,6,9H2,1-3H3/q-1. The summed E-state index contributed by atoms with van der Waals surface area (Å²) in [6.07, 6.45) is 13.5. The van der Waals surface area contributed by atoms with E-state index in [1.165, 1.54) is 24.0 Å². The molecule has 0 N–H and O–H groups in total.